The molecule has 2 rings (SSSR count). The van der Waals surface area contributed by atoms with Crippen LogP contribution in [0.1, 0.15) is 61.2 Å². The second-order valence-corrected chi connectivity index (χ2v) is 6.89. The van der Waals surface area contributed by atoms with E-state index < -0.39 is 11.9 Å². The molecule has 0 saturated heterocycles. The van der Waals surface area contributed by atoms with Crippen molar-refractivity contribution in [1.82, 2.24) is 4.98 Å². The standard InChI is InChI=1S/C21H25NO4/c1-6-25-19(23)17-12-15(13-18(22-17)20(24)26-7-2)14-8-10-16(11-9-14)21(3,4)5/h8-13H,6-7H2,1-5H3. The summed E-state index contributed by atoms with van der Waals surface area (Å²) in [7, 11) is 0. The predicted octanol–water partition coefficient (Wildman–Crippen LogP) is 4.40. The van der Waals surface area contributed by atoms with Gasteiger partial charge in [0.15, 0.2) is 0 Å². The molecule has 0 aliphatic carbocycles. The van der Waals surface area contributed by atoms with Gasteiger partial charge in [0.2, 0.25) is 0 Å². The van der Waals surface area contributed by atoms with E-state index in [1.165, 1.54) is 5.56 Å². The van der Waals surface area contributed by atoms with Crippen LogP contribution in [-0.4, -0.2) is 30.1 Å². The topological polar surface area (TPSA) is 65.5 Å². The van der Waals surface area contributed by atoms with Crippen molar-refractivity contribution in [2.24, 2.45) is 0 Å². The Morgan fingerprint density at radius 3 is 1.69 bits per heavy atom. The van der Waals surface area contributed by atoms with Crippen molar-refractivity contribution in [3.63, 3.8) is 0 Å². The molecule has 1 heterocycles. The minimum absolute atomic E-state index is 0.0446. The Labute approximate surface area is 154 Å². The summed E-state index contributed by atoms with van der Waals surface area (Å²) in [6, 6.07) is 11.3. The summed E-state index contributed by atoms with van der Waals surface area (Å²) in [5, 5.41) is 0. The van der Waals surface area contributed by atoms with Gasteiger partial charge in [0.05, 0.1) is 13.2 Å². The third kappa shape index (κ3) is 4.69. The summed E-state index contributed by atoms with van der Waals surface area (Å²) in [6.07, 6.45) is 0. The van der Waals surface area contributed by atoms with E-state index in [-0.39, 0.29) is 30.0 Å². The number of pyridine rings is 1. The quantitative estimate of drug-likeness (QED) is 0.744. The molecule has 0 atom stereocenters. The Hall–Kier alpha value is -2.69. The minimum Gasteiger partial charge on any atom is -0.461 e. The van der Waals surface area contributed by atoms with E-state index in [2.05, 4.69) is 25.8 Å². The molecule has 1 aromatic heterocycles. The lowest BCUT2D eigenvalue weighted by Gasteiger charge is -2.19. The van der Waals surface area contributed by atoms with Crippen LogP contribution >= 0.6 is 0 Å². The van der Waals surface area contributed by atoms with E-state index >= 15 is 0 Å². The van der Waals surface area contributed by atoms with Gasteiger partial charge in [-0.1, -0.05) is 45.0 Å². The summed E-state index contributed by atoms with van der Waals surface area (Å²) in [6.45, 7) is 10.3. The molecule has 0 unspecified atom stereocenters. The highest BCUT2D eigenvalue weighted by atomic mass is 16.5. The third-order valence-corrected chi connectivity index (χ3v) is 3.88. The van der Waals surface area contributed by atoms with Crippen molar-refractivity contribution in [2.45, 2.75) is 40.0 Å². The molecule has 5 nitrogen and oxygen atoms in total. The molecular weight excluding hydrogens is 330 g/mol. The van der Waals surface area contributed by atoms with E-state index in [1.807, 2.05) is 24.3 Å². The lowest BCUT2D eigenvalue weighted by Crippen LogP contribution is -2.13. The molecule has 0 spiro atoms. The van der Waals surface area contributed by atoms with Crippen LogP contribution in [0.5, 0.6) is 0 Å². The average Bonchev–Trinajstić information content (AvgIpc) is 2.61. The van der Waals surface area contributed by atoms with Crippen molar-refractivity contribution < 1.29 is 19.1 Å². The van der Waals surface area contributed by atoms with Gasteiger partial charge in [0.1, 0.15) is 11.4 Å². The van der Waals surface area contributed by atoms with Crippen LogP contribution in [0.4, 0.5) is 0 Å². The van der Waals surface area contributed by atoms with Gasteiger partial charge >= 0.3 is 11.9 Å². The molecule has 0 amide bonds. The molecule has 0 bridgehead atoms. The number of benzene rings is 1. The second kappa shape index (κ2) is 8.13. The van der Waals surface area contributed by atoms with Gasteiger partial charge in [0.25, 0.3) is 0 Å². The van der Waals surface area contributed by atoms with E-state index in [4.69, 9.17) is 9.47 Å². The lowest BCUT2D eigenvalue weighted by atomic mass is 9.86. The molecule has 0 aliphatic heterocycles. The zero-order valence-electron chi connectivity index (χ0n) is 16.0. The summed E-state index contributed by atoms with van der Waals surface area (Å²) in [5.74, 6) is -1.13. The number of hydrogen-bond donors (Lipinski definition) is 0. The normalized spacial score (nSPS) is 11.1. The van der Waals surface area contributed by atoms with Gasteiger partial charge < -0.3 is 9.47 Å². The molecule has 5 heteroatoms. The number of carbonyl (C=O) groups is 2. The van der Waals surface area contributed by atoms with Crippen molar-refractivity contribution in [3.8, 4) is 11.1 Å². The number of ether oxygens (including phenoxy) is 2. The van der Waals surface area contributed by atoms with E-state index in [9.17, 15) is 9.59 Å². The van der Waals surface area contributed by atoms with Crippen molar-refractivity contribution >= 4 is 11.9 Å². The molecule has 1 aromatic carbocycles. The number of rotatable bonds is 5. The Morgan fingerprint density at radius 2 is 1.31 bits per heavy atom. The molecule has 138 valence electrons. The van der Waals surface area contributed by atoms with Crippen molar-refractivity contribution in [3.05, 3.63) is 53.3 Å². The maximum absolute atomic E-state index is 12.1. The number of hydrogen-bond acceptors (Lipinski definition) is 5. The molecule has 0 radical (unpaired) electrons. The Balaban J connectivity index is 2.49. The third-order valence-electron chi connectivity index (χ3n) is 3.88. The van der Waals surface area contributed by atoms with Crippen LogP contribution in [0.2, 0.25) is 0 Å². The van der Waals surface area contributed by atoms with Crippen LogP contribution < -0.4 is 0 Å². The van der Waals surface area contributed by atoms with Gasteiger partial charge in [-0.05, 0) is 48.1 Å². The Kier molecular flexibility index (Phi) is 6.14. The molecule has 0 N–H and O–H groups in total. The van der Waals surface area contributed by atoms with Crippen LogP contribution in [0.25, 0.3) is 11.1 Å². The highest BCUT2D eigenvalue weighted by Crippen LogP contribution is 2.27. The number of nitrogens with zero attached hydrogens (tertiary/aromatic N) is 1. The maximum Gasteiger partial charge on any atom is 0.356 e. The van der Waals surface area contributed by atoms with Crippen LogP contribution in [0.3, 0.4) is 0 Å². The molecule has 2 aromatic rings. The zero-order valence-corrected chi connectivity index (χ0v) is 16.0. The molecular formula is C21H25NO4. The SMILES string of the molecule is CCOC(=O)c1cc(-c2ccc(C(C)(C)C)cc2)cc(C(=O)OCC)n1. The highest BCUT2D eigenvalue weighted by molar-refractivity contribution is 5.94. The monoisotopic (exact) mass is 355 g/mol. The van der Waals surface area contributed by atoms with Gasteiger partial charge in [-0.25, -0.2) is 14.6 Å². The lowest BCUT2D eigenvalue weighted by molar-refractivity contribution is 0.0511. The largest absolute Gasteiger partial charge is 0.461 e. The van der Waals surface area contributed by atoms with Gasteiger partial charge in [0, 0.05) is 0 Å². The molecule has 0 saturated carbocycles. The first-order valence-corrected chi connectivity index (χ1v) is 8.73. The predicted molar refractivity (Wildman–Crippen MR) is 100 cm³/mol. The van der Waals surface area contributed by atoms with Gasteiger partial charge in [-0.3, -0.25) is 0 Å². The first-order valence-electron chi connectivity index (χ1n) is 8.73. The van der Waals surface area contributed by atoms with E-state index in [0.717, 1.165) is 5.56 Å². The maximum atomic E-state index is 12.1. The van der Waals surface area contributed by atoms with Crippen LogP contribution in [0, 0.1) is 0 Å². The molecule has 26 heavy (non-hydrogen) atoms. The fourth-order valence-corrected chi connectivity index (χ4v) is 2.48. The summed E-state index contributed by atoms with van der Waals surface area (Å²) in [4.78, 5) is 28.3. The zero-order chi connectivity index (χ0) is 19.3. The number of carbonyl (C=O) groups excluding carboxylic acids is 2. The van der Waals surface area contributed by atoms with Gasteiger partial charge in [-0.15, -0.1) is 0 Å². The number of aromatic nitrogens is 1. The fourth-order valence-electron chi connectivity index (χ4n) is 2.48. The second-order valence-electron chi connectivity index (χ2n) is 6.89. The van der Waals surface area contributed by atoms with Crippen molar-refractivity contribution in [1.29, 1.82) is 0 Å². The average molecular weight is 355 g/mol. The summed E-state index contributed by atoms with van der Waals surface area (Å²) in [5.41, 5.74) is 3.03. The van der Waals surface area contributed by atoms with Crippen LogP contribution in [-0.2, 0) is 14.9 Å². The van der Waals surface area contributed by atoms with E-state index in [1.54, 1.807) is 26.0 Å². The van der Waals surface area contributed by atoms with Gasteiger partial charge in [-0.2, -0.15) is 0 Å². The van der Waals surface area contributed by atoms with E-state index in [0.29, 0.717) is 5.56 Å². The number of esters is 2. The molecule has 0 fully saturated rings. The first kappa shape index (κ1) is 19.6. The highest BCUT2D eigenvalue weighted by Gasteiger charge is 2.18. The Bertz CT molecular complexity index is 752. The summed E-state index contributed by atoms with van der Waals surface area (Å²) >= 11 is 0. The van der Waals surface area contributed by atoms with Crippen molar-refractivity contribution in [2.75, 3.05) is 13.2 Å². The smallest absolute Gasteiger partial charge is 0.356 e. The molecule has 0 aliphatic rings. The first-order chi connectivity index (χ1) is 12.3. The fraction of sp³-hybridized carbons (Fsp3) is 0.381. The Morgan fingerprint density at radius 1 is 0.846 bits per heavy atom. The summed E-state index contributed by atoms with van der Waals surface area (Å²) < 4.78 is 10.0. The van der Waals surface area contributed by atoms with Crippen LogP contribution in [0.15, 0.2) is 36.4 Å². The minimum atomic E-state index is -0.564.